The summed E-state index contributed by atoms with van der Waals surface area (Å²) < 4.78 is 1.31. The molecule has 0 unspecified atom stereocenters. The second kappa shape index (κ2) is 7.51. The zero-order valence-electron chi connectivity index (χ0n) is 16.8. The van der Waals surface area contributed by atoms with Crippen LogP contribution >= 0.6 is 22.6 Å². The molecule has 0 saturated heterocycles. The molecule has 0 aliphatic carbocycles. The minimum atomic E-state index is 1.25. The van der Waals surface area contributed by atoms with E-state index in [1.807, 2.05) is 0 Å². The van der Waals surface area contributed by atoms with Gasteiger partial charge in [-0.1, -0.05) is 115 Å². The predicted octanol–water partition coefficient (Wildman–Crippen LogP) is 9.08. The highest BCUT2D eigenvalue weighted by molar-refractivity contribution is 14.1. The molecule has 1 heteroatoms. The Hall–Kier alpha value is -3.17. The Morgan fingerprint density at radius 1 is 0.387 bits per heavy atom. The van der Waals surface area contributed by atoms with Crippen molar-refractivity contribution in [3.05, 3.63) is 119 Å². The van der Waals surface area contributed by atoms with E-state index in [1.54, 1.807) is 0 Å². The van der Waals surface area contributed by atoms with Gasteiger partial charge in [0.15, 0.2) is 0 Å². The van der Waals surface area contributed by atoms with Gasteiger partial charge in [0.25, 0.3) is 0 Å². The Morgan fingerprint density at radius 2 is 0.935 bits per heavy atom. The van der Waals surface area contributed by atoms with Gasteiger partial charge in [-0.05, 0) is 71.6 Å². The lowest BCUT2D eigenvalue weighted by molar-refractivity contribution is 1.62. The van der Waals surface area contributed by atoms with Gasteiger partial charge in [0.05, 0.1) is 0 Å². The molecule has 0 saturated carbocycles. The van der Waals surface area contributed by atoms with Crippen LogP contribution in [0.5, 0.6) is 0 Å². The fourth-order valence-corrected chi connectivity index (χ4v) is 5.77. The number of hydrogen-bond acceptors (Lipinski definition) is 0. The quantitative estimate of drug-likeness (QED) is 0.162. The Bertz CT molecular complexity index is 1580. The molecular weight excluding hydrogens is 487 g/mol. The maximum absolute atomic E-state index is 2.56. The van der Waals surface area contributed by atoms with E-state index in [2.05, 4.69) is 138 Å². The first kappa shape index (κ1) is 18.6. The average molecular weight is 506 g/mol. The van der Waals surface area contributed by atoms with Crippen LogP contribution in [-0.4, -0.2) is 0 Å². The third-order valence-corrected chi connectivity index (χ3v) is 7.25. The molecule has 0 aliphatic heterocycles. The smallest absolute Gasteiger partial charge is 0.0294 e. The summed E-state index contributed by atoms with van der Waals surface area (Å²) in [7, 11) is 0. The second-order valence-corrected chi connectivity index (χ2v) is 8.93. The van der Waals surface area contributed by atoms with Crippen molar-refractivity contribution >= 4 is 54.9 Å². The third kappa shape index (κ3) is 2.95. The SMILES string of the molecule is Ic1c(-c2c(-c3ccccc3)ccc3ccccc23)c2ccccc2c2ccccc12. The summed E-state index contributed by atoms with van der Waals surface area (Å²) >= 11 is 2.56. The molecule has 6 rings (SSSR count). The van der Waals surface area contributed by atoms with Gasteiger partial charge in [-0.15, -0.1) is 0 Å². The Morgan fingerprint density at radius 3 is 1.68 bits per heavy atom. The number of fused-ring (bicyclic) bond motifs is 4. The van der Waals surface area contributed by atoms with E-state index in [-0.39, 0.29) is 0 Å². The summed E-state index contributed by atoms with van der Waals surface area (Å²) in [5.41, 5.74) is 5.16. The summed E-state index contributed by atoms with van der Waals surface area (Å²) in [5, 5.41) is 7.79. The van der Waals surface area contributed by atoms with Crippen LogP contribution in [-0.2, 0) is 0 Å². The van der Waals surface area contributed by atoms with Crippen molar-refractivity contribution in [3.63, 3.8) is 0 Å². The van der Waals surface area contributed by atoms with Crippen LogP contribution in [0, 0.1) is 3.57 Å². The van der Waals surface area contributed by atoms with E-state index < -0.39 is 0 Å². The van der Waals surface area contributed by atoms with Crippen molar-refractivity contribution < 1.29 is 0 Å². The Kier molecular flexibility index (Phi) is 4.50. The van der Waals surface area contributed by atoms with Crippen LogP contribution in [0.4, 0.5) is 0 Å². The molecule has 146 valence electrons. The topological polar surface area (TPSA) is 0 Å². The number of benzene rings is 6. The van der Waals surface area contributed by atoms with Gasteiger partial charge >= 0.3 is 0 Å². The molecule has 0 radical (unpaired) electrons. The standard InChI is InChI=1S/C30H19I/c31-30-27-17-9-7-15-25(27)24-14-6-8-16-26(24)29(30)28-22-13-5-4-12-21(22)18-19-23(28)20-10-2-1-3-11-20/h1-19H. The van der Waals surface area contributed by atoms with Gasteiger partial charge in [0.2, 0.25) is 0 Å². The normalized spacial score (nSPS) is 11.4. The van der Waals surface area contributed by atoms with Crippen molar-refractivity contribution in [2.45, 2.75) is 0 Å². The zero-order valence-corrected chi connectivity index (χ0v) is 19.0. The number of halogens is 1. The van der Waals surface area contributed by atoms with Gasteiger partial charge in [0, 0.05) is 9.13 Å². The molecule has 0 atom stereocenters. The maximum atomic E-state index is 2.56. The fraction of sp³-hybridized carbons (Fsp3) is 0. The lowest BCUT2D eigenvalue weighted by atomic mass is 9.86. The first-order valence-electron chi connectivity index (χ1n) is 10.5. The van der Waals surface area contributed by atoms with Crippen LogP contribution in [0.3, 0.4) is 0 Å². The van der Waals surface area contributed by atoms with Gasteiger partial charge in [-0.3, -0.25) is 0 Å². The molecular formula is C30H19I. The molecule has 31 heavy (non-hydrogen) atoms. The minimum Gasteiger partial charge on any atom is -0.0622 e. The molecule has 0 nitrogen and oxygen atoms in total. The third-order valence-electron chi connectivity index (χ3n) is 6.13. The molecule has 0 fully saturated rings. The van der Waals surface area contributed by atoms with E-state index in [1.165, 1.54) is 58.1 Å². The van der Waals surface area contributed by atoms with Crippen LogP contribution < -0.4 is 0 Å². The largest absolute Gasteiger partial charge is 0.0622 e. The highest BCUT2D eigenvalue weighted by Crippen LogP contribution is 2.46. The molecule has 6 aromatic carbocycles. The summed E-state index contributed by atoms with van der Waals surface area (Å²) in [6.07, 6.45) is 0. The van der Waals surface area contributed by atoms with E-state index >= 15 is 0 Å². The molecule has 0 aliphatic rings. The first-order valence-corrected chi connectivity index (χ1v) is 11.6. The van der Waals surface area contributed by atoms with Gasteiger partial charge in [-0.25, -0.2) is 0 Å². The van der Waals surface area contributed by atoms with Crippen LogP contribution in [0.15, 0.2) is 115 Å². The summed E-state index contributed by atoms with van der Waals surface area (Å²) in [6.45, 7) is 0. The lowest BCUT2D eigenvalue weighted by Crippen LogP contribution is -1.94. The summed E-state index contributed by atoms with van der Waals surface area (Å²) in [4.78, 5) is 0. The lowest BCUT2D eigenvalue weighted by Gasteiger charge is -2.19. The van der Waals surface area contributed by atoms with E-state index in [0.717, 1.165) is 0 Å². The fourth-order valence-electron chi connectivity index (χ4n) is 4.74. The van der Waals surface area contributed by atoms with Gasteiger partial charge in [0.1, 0.15) is 0 Å². The molecule has 0 amide bonds. The molecule has 0 N–H and O–H groups in total. The van der Waals surface area contributed by atoms with Crippen molar-refractivity contribution in [3.8, 4) is 22.3 Å². The molecule has 0 heterocycles. The summed E-state index contributed by atoms with van der Waals surface area (Å²) in [5.74, 6) is 0. The Balaban J connectivity index is 1.86. The molecule has 0 aromatic heterocycles. The van der Waals surface area contributed by atoms with Gasteiger partial charge < -0.3 is 0 Å². The number of hydrogen-bond donors (Lipinski definition) is 0. The van der Waals surface area contributed by atoms with Crippen molar-refractivity contribution in [1.29, 1.82) is 0 Å². The van der Waals surface area contributed by atoms with Crippen molar-refractivity contribution in [2.24, 2.45) is 0 Å². The van der Waals surface area contributed by atoms with E-state index in [0.29, 0.717) is 0 Å². The molecule has 0 spiro atoms. The maximum Gasteiger partial charge on any atom is 0.0294 e. The van der Waals surface area contributed by atoms with Crippen LogP contribution in [0.1, 0.15) is 0 Å². The van der Waals surface area contributed by atoms with Crippen molar-refractivity contribution in [1.82, 2.24) is 0 Å². The van der Waals surface area contributed by atoms with Crippen molar-refractivity contribution in [2.75, 3.05) is 0 Å². The monoisotopic (exact) mass is 506 g/mol. The highest BCUT2D eigenvalue weighted by atomic mass is 127. The van der Waals surface area contributed by atoms with Gasteiger partial charge in [-0.2, -0.15) is 0 Å². The average Bonchev–Trinajstić information content (AvgIpc) is 2.85. The zero-order chi connectivity index (χ0) is 20.8. The summed E-state index contributed by atoms with van der Waals surface area (Å²) in [6, 6.07) is 41.6. The minimum absolute atomic E-state index is 1.25. The first-order chi connectivity index (χ1) is 15.3. The van der Waals surface area contributed by atoms with Crippen LogP contribution in [0.2, 0.25) is 0 Å². The van der Waals surface area contributed by atoms with Crippen LogP contribution in [0.25, 0.3) is 54.6 Å². The van der Waals surface area contributed by atoms with E-state index in [4.69, 9.17) is 0 Å². The number of rotatable bonds is 2. The Labute approximate surface area is 195 Å². The second-order valence-electron chi connectivity index (χ2n) is 7.86. The van der Waals surface area contributed by atoms with E-state index in [9.17, 15) is 0 Å². The molecule has 0 bridgehead atoms. The molecule has 6 aromatic rings. The highest BCUT2D eigenvalue weighted by Gasteiger charge is 2.19. The predicted molar refractivity (Wildman–Crippen MR) is 143 cm³/mol.